The first-order chi connectivity index (χ1) is 8.80. The van der Waals surface area contributed by atoms with Crippen LogP contribution in [0.5, 0.6) is 0 Å². The second-order valence-corrected chi connectivity index (χ2v) is 7.18. The van der Waals surface area contributed by atoms with Crippen molar-refractivity contribution in [2.24, 2.45) is 0 Å². The summed E-state index contributed by atoms with van der Waals surface area (Å²) in [6.07, 6.45) is 1.22. The lowest BCUT2D eigenvalue weighted by atomic mass is 10.2. The Bertz CT molecular complexity index is 462. The SMILES string of the molecule is CC(=O)OCC(C)(C)SSc1ccc([N+](=O)[O-])cn1. The van der Waals surface area contributed by atoms with E-state index in [1.807, 2.05) is 13.8 Å². The number of carbonyl (C=O) groups is 1. The molecule has 0 bridgehead atoms. The lowest BCUT2D eigenvalue weighted by Gasteiger charge is -2.21. The van der Waals surface area contributed by atoms with E-state index < -0.39 is 4.92 Å². The molecule has 0 radical (unpaired) electrons. The fourth-order valence-electron chi connectivity index (χ4n) is 0.985. The summed E-state index contributed by atoms with van der Waals surface area (Å²) < 4.78 is 4.70. The lowest BCUT2D eigenvalue weighted by Crippen LogP contribution is -2.23. The molecule has 0 spiro atoms. The Labute approximate surface area is 118 Å². The van der Waals surface area contributed by atoms with Crippen molar-refractivity contribution < 1.29 is 14.5 Å². The number of hydrogen-bond acceptors (Lipinski definition) is 7. The summed E-state index contributed by atoms with van der Waals surface area (Å²) in [4.78, 5) is 24.7. The van der Waals surface area contributed by atoms with Crippen molar-refractivity contribution in [3.05, 3.63) is 28.4 Å². The molecule has 0 N–H and O–H groups in total. The number of ether oxygens (including phenoxy) is 1. The quantitative estimate of drug-likeness (QED) is 0.345. The molecule has 0 fully saturated rings. The zero-order chi connectivity index (χ0) is 14.5. The van der Waals surface area contributed by atoms with Crippen molar-refractivity contribution in [2.75, 3.05) is 6.61 Å². The van der Waals surface area contributed by atoms with Gasteiger partial charge in [0.05, 0.1) is 9.67 Å². The average molecular weight is 302 g/mol. The van der Waals surface area contributed by atoms with Gasteiger partial charge in [-0.05, 0) is 30.7 Å². The van der Waals surface area contributed by atoms with Crippen LogP contribution in [0, 0.1) is 10.1 Å². The second kappa shape index (κ2) is 6.76. The predicted molar refractivity (Wildman–Crippen MR) is 75.1 cm³/mol. The Balaban J connectivity index is 2.51. The number of nitro groups is 1. The maximum Gasteiger partial charge on any atom is 0.302 e. The molecule has 19 heavy (non-hydrogen) atoms. The third-order valence-electron chi connectivity index (χ3n) is 1.91. The molecule has 104 valence electrons. The number of hydrogen-bond donors (Lipinski definition) is 0. The molecule has 0 aliphatic rings. The van der Waals surface area contributed by atoms with Crippen LogP contribution < -0.4 is 0 Å². The smallest absolute Gasteiger partial charge is 0.302 e. The van der Waals surface area contributed by atoms with Gasteiger partial charge in [-0.1, -0.05) is 10.8 Å². The number of rotatable bonds is 6. The molecule has 8 heteroatoms. The first-order valence-electron chi connectivity index (χ1n) is 5.40. The maximum absolute atomic E-state index is 10.8. The van der Waals surface area contributed by atoms with Crippen molar-refractivity contribution in [1.29, 1.82) is 0 Å². The Morgan fingerprint density at radius 3 is 2.68 bits per heavy atom. The highest BCUT2D eigenvalue weighted by Crippen LogP contribution is 2.40. The van der Waals surface area contributed by atoms with Crippen LogP contribution in [0.2, 0.25) is 0 Å². The fraction of sp³-hybridized carbons (Fsp3) is 0.455. The number of carbonyl (C=O) groups excluding carboxylic acids is 1. The molecule has 0 aliphatic carbocycles. The van der Waals surface area contributed by atoms with E-state index in [9.17, 15) is 14.9 Å². The summed E-state index contributed by atoms with van der Waals surface area (Å²) in [5.74, 6) is -0.313. The molecule has 0 saturated carbocycles. The topological polar surface area (TPSA) is 82.3 Å². The predicted octanol–water partition coefficient (Wildman–Crippen LogP) is 3.07. The van der Waals surface area contributed by atoms with Gasteiger partial charge < -0.3 is 4.74 Å². The summed E-state index contributed by atoms with van der Waals surface area (Å²) in [5, 5.41) is 11.2. The molecule has 0 aliphatic heterocycles. The highest BCUT2D eigenvalue weighted by Gasteiger charge is 2.21. The Morgan fingerprint density at radius 1 is 1.53 bits per heavy atom. The molecule has 0 saturated heterocycles. The van der Waals surface area contributed by atoms with E-state index in [-0.39, 0.29) is 16.4 Å². The lowest BCUT2D eigenvalue weighted by molar-refractivity contribution is -0.385. The molecular formula is C11H14N2O4S2. The fourth-order valence-corrected chi connectivity index (χ4v) is 3.00. The zero-order valence-electron chi connectivity index (χ0n) is 10.8. The van der Waals surface area contributed by atoms with Gasteiger partial charge >= 0.3 is 5.97 Å². The maximum atomic E-state index is 10.8. The Morgan fingerprint density at radius 2 is 2.21 bits per heavy atom. The third kappa shape index (κ3) is 5.93. The minimum absolute atomic E-state index is 0.0338. The van der Waals surface area contributed by atoms with Gasteiger partial charge in [0, 0.05) is 13.0 Å². The van der Waals surface area contributed by atoms with Gasteiger partial charge in [0.1, 0.15) is 17.8 Å². The van der Waals surface area contributed by atoms with Crippen LogP contribution in [0.3, 0.4) is 0 Å². The van der Waals surface area contributed by atoms with Crippen molar-refractivity contribution in [3.8, 4) is 0 Å². The van der Waals surface area contributed by atoms with Crippen LogP contribution in [0.1, 0.15) is 20.8 Å². The molecule has 1 rings (SSSR count). The number of esters is 1. The standard InChI is InChI=1S/C11H14N2O4S2/c1-8(14)17-7-11(2,3)19-18-10-5-4-9(6-12-10)13(15)16/h4-6H,7H2,1-3H3. The molecule has 0 amide bonds. The van der Waals surface area contributed by atoms with Crippen LogP contribution in [0.15, 0.2) is 23.4 Å². The van der Waals surface area contributed by atoms with E-state index in [1.54, 1.807) is 6.07 Å². The molecule has 0 atom stereocenters. The van der Waals surface area contributed by atoms with E-state index in [0.29, 0.717) is 11.6 Å². The van der Waals surface area contributed by atoms with Crippen molar-refractivity contribution >= 4 is 33.2 Å². The first-order valence-corrected chi connectivity index (χ1v) is 7.55. The summed E-state index contributed by atoms with van der Waals surface area (Å²) in [6.45, 7) is 5.55. The highest BCUT2D eigenvalue weighted by molar-refractivity contribution is 8.77. The van der Waals surface area contributed by atoms with Gasteiger partial charge in [0.15, 0.2) is 0 Å². The van der Waals surface area contributed by atoms with Crippen molar-refractivity contribution in [1.82, 2.24) is 4.98 Å². The van der Waals surface area contributed by atoms with E-state index in [1.165, 1.54) is 40.8 Å². The van der Waals surface area contributed by atoms with Crippen LogP contribution in [0.25, 0.3) is 0 Å². The van der Waals surface area contributed by atoms with Gasteiger partial charge in [-0.3, -0.25) is 14.9 Å². The molecular weight excluding hydrogens is 288 g/mol. The van der Waals surface area contributed by atoms with Crippen LogP contribution in [-0.2, 0) is 9.53 Å². The zero-order valence-corrected chi connectivity index (χ0v) is 12.4. The van der Waals surface area contributed by atoms with Gasteiger partial charge in [-0.25, -0.2) is 4.98 Å². The van der Waals surface area contributed by atoms with Crippen LogP contribution >= 0.6 is 21.6 Å². The van der Waals surface area contributed by atoms with Gasteiger partial charge in [0.25, 0.3) is 5.69 Å². The summed E-state index contributed by atoms with van der Waals surface area (Å²) in [7, 11) is 2.89. The van der Waals surface area contributed by atoms with Crippen LogP contribution in [-0.4, -0.2) is 27.2 Å². The van der Waals surface area contributed by atoms with Crippen LogP contribution in [0.4, 0.5) is 5.69 Å². The number of aromatic nitrogens is 1. The summed E-state index contributed by atoms with van der Waals surface area (Å²) in [5.41, 5.74) is -0.0338. The number of pyridine rings is 1. The van der Waals surface area contributed by atoms with Gasteiger partial charge in [0.2, 0.25) is 0 Å². The third-order valence-corrected chi connectivity index (χ3v) is 5.09. The van der Waals surface area contributed by atoms with E-state index in [4.69, 9.17) is 4.74 Å². The molecule has 0 unspecified atom stereocenters. The van der Waals surface area contributed by atoms with Gasteiger partial charge in [-0.15, -0.1) is 0 Å². The van der Waals surface area contributed by atoms with Gasteiger partial charge in [-0.2, -0.15) is 0 Å². The van der Waals surface area contributed by atoms with E-state index in [0.717, 1.165) is 0 Å². The molecule has 1 aromatic rings. The Kier molecular flexibility index (Phi) is 5.61. The molecule has 0 aromatic carbocycles. The van der Waals surface area contributed by atoms with Crippen molar-refractivity contribution in [3.63, 3.8) is 0 Å². The summed E-state index contributed by atoms with van der Waals surface area (Å²) >= 11 is 0. The molecule has 6 nitrogen and oxygen atoms in total. The monoisotopic (exact) mass is 302 g/mol. The first kappa shape index (κ1) is 15.8. The average Bonchev–Trinajstić information content (AvgIpc) is 2.35. The summed E-state index contributed by atoms with van der Waals surface area (Å²) in [6, 6.07) is 3.01. The number of nitrogens with zero attached hydrogens (tertiary/aromatic N) is 2. The van der Waals surface area contributed by atoms with Crippen molar-refractivity contribution in [2.45, 2.75) is 30.5 Å². The highest BCUT2D eigenvalue weighted by atomic mass is 33.1. The second-order valence-electron chi connectivity index (χ2n) is 4.32. The molecule has 1 aromatic heterocycles. The van der Waals surface area contributed by atoms with E-state index in [2.05, 4.69) is 4.98 Å². The van der Waals surface area contributed by atoms with E-state index >= 15 is 0 Å². The largest absolute Gasteiger partial charge is 0.464 e. The molecule has 1 heterocycles. The minimum atomic E-state index is -0.487. The Hall–Kier alpha value is -1.28. The minimum Gasteiger partial charge on any atom is -0.464 e. The normalized spacial score (nSPS) is 11.1.